The molecule has 0 unspecified atom stereocenters. The lowest BCUT2D eigenvalue weighted by atomic mass is 9.95. The number of carbonyl (C=O) groups is 3. The third-order valence-corrected chi connectivity index (χ3v) is 4.95. The molecule has 3 N–H and O–H groups in total. The Balaban J connectivity index is 1.69. The SMILES string of the molecule is NC(=O)CSCCC(=O)N1CCC(C(=O)Nc2ccccc2)CC1. The Labute approximate surface area is 146 Å². The molecule has 1 heterocycles. The molecule has 1 aliphatic heterocycles. The van der Waals surface area contributed by atoms with Crippen molar-refractivity contribution in [1.82, 2.24) is 4.90 Å². The minimum Gasteiger partial charge on any atom is -0.369 e. The van der Waals surface area contributed by atoms with Crippen molar-refractivity contribution in [2.45, 2.75) is 19.3 Å². The van der Waals surface area contributed by atoms with Gasteiger partial charge in [0.05, 0.1) is 5.75 Å². The molecular formula is C17H23N3O3S. The Kier molecular flexibility index (Phi) is 7.11. The lowest BCUT2D eigenvalue weighted by Gasteiger charge is -2.31. The molecule has 0 spiro atoms. The van der Waals surface area contributed by atoms with Crippen LogP contribution in [0.15, 0.2) is 30.3 Å². The number of carbonyl (C=O) groups excluding carboxylic acids is 3. The van der Waals surface area contributed by atoms with Gasteiger partial charge in [-0.1, -0.05) is 18.2 Å². The van der Waals surface area contributed by atoms with E-state index in [1.54, 1.807) is 4.90 Å². The van der Waals surface area contributed by atoms with Crippen molar-refractivity contribution in [3.8, 4) is 0 Å². The van der Waals surface area contributed by atoms with Crippen molar-refractivity contribution in [3.05, 3.63) is 30.3 Å². The third-order valence-electron chi connectivity index (χ3n) is 3.96. The van der Waals surface area contributed by atoms with Crippen molar-refractivity contribution < 1.29 is 14.4 Å². The molecule has 3 amide bonds. The van der Waals surface area contributed by atoms with E-state index in [9.17, 15) is 14.4 Å². The molecule has 6 nitrogen and oxygen atoms in total. The van der Waals surface area contributed by atoms with Crippen LogP contribution < -0.4 is 11.1 Å². The van der Waals surface area contributed by atoms with Gasteiger partial charge in [0.25, 0.3) is 0 Å². The number of nitrogens with zero attached hydrogens (tertiary/aromatic N) is 1. The van der Waals surface area contributed by atoms with E-state index in [2.05, 4.69) is 5.32 Å². The Morgan fingerprint density at radius 2 is 1.83 bits per heavy atom. The average Bonchev–Trinajstić information content (AvgIpc) is 2.59. The number of amides is 3. The smallest absolute Gasteiger partial charge is 0.227 e. The summed E-state index contributed by atoms with van der Waals surface area (Å²) in [6.07, 6.45) is 1.76. The summed E-state index contributed by atoms with van der Waals surface area (Å²) in [7, 11) is 0. The second-order valence-corrected chi connectivity index (χ2v) is 6.88. The van der Waals surface area contributed by atoms with Gasteiger partial charge < -0.3 is 16.0 Å². The molecule has 0 saturated carbocycles. The highest BCUT2D eigenvalue weighted by Crippen LogP contribution is 2.20. The largest absolute Gasteiger partial charge is 0.369 e. The van der Waals surface area contributed by atoms with Gasteiger partial charge in [-0.3, -0.25) is 14.4 Å². The van der Waals surface area contributed by atoms with Gasteiger partial charge in [0.1, 0.15) is 0 Å². The van der Waals surface area contributed by atoms with Gasteiger partial charge in [-0.25, -0.2) is 0 Å². The number of piperidine rings is 1. The number of anilines is 1. The summed E-state index contributed by atoms with van der Waals surface area (Å²) in [5.74, 6) is 0.515. The molecule has 0 radical (unpaired) electrons. The fourth-order valence-electron chi connectivity index (χ4n) is 2.65. The van der Waals surface area contributed by atoms with Crippen LogP contribution >= 0.6 is 11.8 Å². The summed E-state index contributed by atoms with van der Waals surface area (Å²) in [5.41, 5.74) is 5.86. The fraction of sp³-hybridized carbons (Fsp3) is 0.471. The highest BCUT2D eigenvalue weighted by atomic mass is 32.2. The molecule has 130 valence electrons. The number of benzene rings is 1. The standard InChI is InChI=1S/C17H23N3O3S/c18-15(21)12-24-11-8-16(22)20-9-6-13(7-10-20)17(23)19-14-4-2-1-3-5-14/h1-5,13H,6-12H2,(H2,18,21)(H,19,23). The number of para-hydroxylation sites is 1. The minimum absolute atomic E-state index is 0.0188. The summed E-state index contributed by atoms with van der Waals surface area (Å²) >= 11 is 1.37. The van der Waals surface area contributed by atoms with Crippen LogP contribution in [-0.2, 0) is 14.4 Å². The minimum atomic E-state index is -0.363. The normalized spacial score (nSPS) is 15.1. The topological polar surface area (TPSA) is 92.5 Å². The van der Waals surface area contributed by atoms with Crippen molar-refractivity contribution in [3.63, 3.8) is 0 Å². The third kappa shape index (κ3) is 5.88. The van der Waals surface area contributed by atoms with E-state index >= 15 is 0 Å². The first kappa shape index (κ1) is 18.3. The van der Waals surface area contributed by atoms with Gasteiger partial charge in [-0.05, 0) is 25.0 Å². The summed E-state index contributed by atoms with van der Waals surface area (Å²) in [5, 5.41) is 2.92. The maximum atomic E-state index is 12.3. The molecule has 1 aliphatic rings. The zero-order valence-electron chi connectivity index (χ0n) is 13.6. The number of nitrogens with two attached hydrogens (primary N) is 1. The molecule has 2 rings (SSSR count). The number of nitrogens with one attached hydrogen (secondary N) is 1. The second kappa shape index (κ2) is 9.32. The Morgan fingerprint density at radius 3 is 2.46 bits per heavy atom. The zero-order chi connectivity index (χ0) is 17.4. The lowest BCUT2D eigenvalue weighted by molar-refractivity contribution is -0.134. The summed E-state index contributed by atoms with van der Waals surface area (Å²) < 4.78 is 0. The Hall–Kier alpha value is -2.02. The summed E-state index contributed by atoms with van der Waals surface area (Å²) in [6.45, 7) is 1.21. The Morgan fingerprint density at radius 1 is 1.17 bits per heavy atom. The van der Waals surface area contributed by atoms with Crippen molar-refractivity contribution in [2.75, 3.05) is 29.9 Å². The van der Waals surface area contributed by atoms with Crippen molar-refractivity contribution in [1.29, 1.82) is 0 Å². The zero-order valence-corrected chi connectivity index (χ0v) is 14.4. The average molecular weight is 349 g/mol. The van der Waals surface area contributed by atoms with Gasteiger partial charge in [0.15, 0.2) is 0 Å². The number of hydrogen-bond acceptors (Lipinski definition) is 4. The number of primary amides is 1. The molecule has 1 aromatic rings. The van der Waals surface area contributed by atoms with E-state index in [-0.39, 0.29) is 29.4 Å². The molecule has 24 heavy (non-hydrogen) atoms. The van der Waals surface area contributed by atoms with Crippen molar-refractivity contribution in [2.24, 2.45) is 11.7 Å². The molecule has 1 saturated heterocycles. The molecule has 0 bridgehead atoms. The quantitative estimate of drug-likeness (QED) is 0.729. The molecular weight excluding hydrogens is 326 g/mol. The van der Waals surface area contributed by atoms with Crippen LogP contribution in [0.4, 0.5) is 5.69 Å². The van der Waals surface area contributed by atoms with Crippen LogP contribution in [0, 0.1) is 5.92 Å². The number of thioether (sulfide) groups is 1. The number of likely N-dealkylation sites (tertiary alicyclic amines) is 1. The van der Waals surface area contributed by atoms with Crippen LogP contribution in [0.2, 0.25) is 0 Å². The molecule has 1 fully saturated rings. The highest BCUT2D eigenvalue weighted by molar-refractivity contribution is 7.99. The lowest BCUT2D eigenvalue weighted by Crippen LogP contribution is -2.41. The van der Waals surface area contributed by atoms with Crippen molar-refractivity contribution >= 4 is 35.2 Å². The van der Waals surface area contributed by atoms with Crippen LogP contribution in [-0.4, -0.2) is 47.2 Å². The van der Waals surface area contributed by atoms with E-state index in [1.165, 1.54) is 11.8 Å². The molecule has 0 aromatic heterocycles. The van der Waals surface area contributed by atoms with Crippen LogP contribution in [0.5, 0.6) is 0 Å². The van der Waals surface area contributed by atoms with Crippen LogP contribution in [0.25, 0.3) is 0 Å². The van der Waals surface area contributed by atoms with E-state index in [1.807, 2.05) is 30.3 Å². The predicted molar refractivity (Wildman–Crippen MR) is 95.5 cm³/mol. The monoisotopic (exact) mass is 349 g/mol. The van der Waals surface area contributed by atoms with E-state index in [0.29, 0.717) is 38.1 Å². The van der Waals surface area contributed by atoms with E-state index in [0.717, 1.165) is 5.69 Å². The predicted octanol–water partition coefficient (Wildman–Crippen LogP) is 1.47. The maximum Gasteiger partial charge on any atom is 0.227 e. The molecule has 7 heteroatoms. The highest BCUT2D eigenvalue weighted by Gasteiger charge is 2.27. The summed E-state index contributed by atoms with van der Waals surface area (Å²) in [6, 6.07) is 9.39. The van der Waals surface area contributed by atoms with Gasteiger partial charge in [-0.15, -0.1) is 0 Å². The summed E-state index contributed by atoms with van der Waals surface area (Å²) in [4.78, 5) is 36.8. The van der Waals surface area contributed by atoms with Gasteiger partial charge in [0.2, 0.25) is 17.7 Å². The fourth-order valence-corrected chi connectivity index (χ4v) is 3.31. The van der Waals surface area contributed by atoms with E-state index < -0.39 is 0 Å². The van der Waals surface area contributed by atoms with Crippen LogP contribution in [0.1, 0.15) is 19.3 Å². The van der Waals surface area contributed by atoms with Crippen LogP contribution in [0.3, 0.4) is 0 Å². The van der Waals surface area contributed by atoms with Gasteiger partial charge >= 0.3 is 0 Å². The maximum absolute atomic E-state index is 12.3. The van der Waals surface area contributed by atoms with Gasteiger partial charge in [-0.2, -0.15) is 11.8 Å². The second-order valence-electron chi connectivity index (χ2n) is 5.78. The first-order chi connectivity index (χ1) is 11.6. The van der Waals surface area contributed by atoms with Gasteiger partial charge in [0, 0.05) is 36.9 Å². The molecule has 1 aromatic carbocycles. The molecule has 0 aliphatic carbocycles. The first-order valence-corrected chi connectivity index (χ1v) is 9.21. The number of rotatable bonds is 7. The molecule has 0 atom stereocenters. The number of hydrogen-bond donors (Lipinski definition) is 2. The van der Waals surface area contributed by atoms with E-state index in [4.69, 9.17) is 5.73 Å². The first-order valence-electron chi connectivity index (χ1n) is 8.06. The Bertz CT molecular complexity index is 572.